The van der Waals surface area contributed by atoms with Crippen molar-refractivity contribution in [2.45, 2.75) is 26.0 Å². The Hall–Kier alpha value is -3.59. The topological polar surface area (TPSA) is 78.2 Å². The fourth-order valence-corrected chi connectivity index (χ4v) is 4.56. The van der Waals surface area contributed by atoms with E-state index in [0.29, 0.717) is 23.2 Å². The van der Waals surface area contributed by atoms with Crippen molar-refractivity contribution in [1.82, 2.24) is 14.9 Å². The van der Waals surface area contributed by atoms with Crippen molar-refractivity contribution in [2.75, 3.05) is 13.7 Å². The second kappa shape index (κ2) is 7.77. The van der Waals surface area contributed by atoms with Gasteiger partial charge in [0, 0.05) is 29.2 Å². The maximum Gasteiger partial charge on any atom is 0.270 e. The van der Waals surface area contributed by atoms with Crippen LogP contribution in [0.15, 0.2) is 35.1 Å². The molecule has 3 heterocycles. The van der Waals surface area contributed by atoms with Crippen LogP contribution in [0.25, 0.3) is 21.7 Å². The summed E-state index contributed by atoms with van der Waals surface area (Å²) in [6.45, 7) is 2.08. The van der Waals surface area contributed by atoms with Gasteiger partial charge in [0.2, 0.25) is 0 Å². The first kappa shape index (κ1) is 21.3. The zero-order chi connectivity index (χ0) is 23.4. The van der Waals surface area contributed by atoms with Crippen LogP contribution in [0.1, 0.15) is 40.3 Å². The molecule has 0 radical (unpaired) electrons. The van der Waals surface area contributed by atoms with Crippen LogP contribution in [0.4, 0.5) is 13.2 Å². The zero-order valence-corrected chi connectivity index (χ0v) is 17.9. The average molecular weight is 455 g/mol. The predicted molar refractivity (Wildman–Crippen MR) is 117 cm³/mol. The molecule has 2 N–H and O–H groups in total. The number of hydrogen-bond acceptors (Lipinski definition) is 3. The van der Waals surface area contributed by atoms with Gasteiger partial charge in [-0.3, -0.25) is 9.59 Å². The molecule has 9 heteroatoms. The molecular formula is C24H20F3N3O3. The van der Waals surface area contributed by atoms with Gasteiger partial charge in [0.1, 0.15) is 11.5 Å². The molecule has 170 valence electrons. The third kappa shape index (κ3) is 3.39. The summed E-state index contributed by atoms with van der Waals surface area (Å²) < 4.78 is 47.4. The molecule has 0 bridgehead atoms. The number of hydrogen-bond donors (Lipinski definition) is 2. The minimum atomic E-state index is -1.13. The lowest BCUT2D eigenvalue weighted by Crippen LogP contribution is -2.37. The molecule has 2 aromatic heterocycles. The van der Waals surface area contributed by atoms with E-state index in [1.54, 1.807) is 13.1 Å². The number of ether oxygens (including phenoxy) is 1. The first-order valence-corrected chi connectivity index (χ1v) is 10.5. The van der Waals surface area contributed by atoms with Crippen molar-refractivity contribution in [1.29, 1.82) is 0 Å². The number of aryl methyl sites for hydroxylation is 1. The minimum Gasteiger partial charge on any atom is -0.373 e. The van der Waals surface area contributed by atoms with Gasteiger partial charge in [-0.15, -0.1) is 0 Å². The van der Waals surface area contributed by atoms with Gasteiger partial charge in [-0.25, -0.2) is 13.2 Å². The number of amides is 1. The maximum absolute atomic E-state index is 14.1. The van der Waals surface area contributed by atoms with Gasteiger partial charge in [0.25, 0.3) is 11.5 Å². The largest absolute Gasteiger partial charge is 0.373 e. The number of aromatic nitrogens is 2. The molecule has 4 aromatic rings. The number of nitrogens with one attached hydrogen (secondary N) is 2. The van der Waals surface area contributed by atoms with E-state index in [1.807, 2.05) is 6.92 Å². The number of nitrogens with zero attached hydrogens (tertiary/aromatic N) is 1. The quantitative estimate of drug-likeness (QED) is 0.483. The number of fused-ring (bicyclic) bond motifs is 4. The van der Waals surface area contributed by atoms with E-state index >= 15 is 0 Å². The Bertz CT molecular complexity index is 1490. The summed E-state index contributed by atoms with van der Waals surface area (Å²) in [6, 6.07) is 5.62. The van der Waals surface area contributed by atoms with E-state index in [2.05, 4.69) is 9.97 Å². The van der Waals surface area contributed by atoms with E-state index in [9.17, 15) is 22.8 Å². The summed E-state index contributed by atoms with van der Waals surface area (Å²) in [5, 5.41) is 0.977. The number of benzene rings is 2. The molecule has 0 saturated carbocycles. The van der Waals surface area contributed by atoms with Gasteiger partial charge in [0.05, 0.1) is 24.6 Å². The molecule has 1 aliphatic heterocycles. The fraction of sp³-hybridized carbons (Fsp3) is 0.250. The molecule has 1 unspecified atom stereocenters. The summed E-state index contributed by atoms with van der Waals surface area (Å²) in [7, 11) is 1.56. The second-order valence-electron chi connectivity index (χ2n) is 8.17. The first-order chi connectivity index (χ1) is 15.8. The molecule has 5 rings (SSSR count). The van der Waals surface area contributed by atoms with Crippen LogP contribution in [0.3, 0.4) is 0 Å². The van der Waals surface area contributed by atoms with Gasteiger partial charge in [-0.2, -0.15) is 0 Å². The monoisotopic (exact) mass is 455 g/mol. The molecule has 1 amide bonds. The third-order valence-electron chi connectivity index (χ3n) is 6.23. The van der Waals surface area contributed by atoms with E-state index in [4.69, 9.17) is 4.74 Å². The van der Waals surface area contributed by atoms with E-state index in [0.717, 1.165) is 23.1 Å². The Kier molecular flexibility index (Phi) is 5.01. The number of rotatable bonds is 3. The number of pyridine rings is 1. The lowest BCUT2D eigenvalue weighted by Gasteiger charge is -2.33. The lowest BCUT2D eigenvalue weighted by atomic mass is 9.95. The van der Waals surface area contributed by atoms with Crippen molar-refractivity contribution >= 4 is 27.6 Å². The summed E-state index contributed by atoms with van der Waals surface area (Å²) >= 11 is 0. The normalized spacial score (nSPS) is 15.7. The predicted octanol–water partition coefficient (Wildman–Crippen LogP) is 4.33. The summed E-state index contributed by atoms with van der Waals surface area (Å²) in [4.78, 5) is 32.9. The van der Waals surface area contributed by atoms with Crippen molar-refractivity contribution in [2.24, 2.45) is 0 Å². The SMILES string of the molecule is CCc1cc(F)cc2[nH]c(C(=O)N(C)C3COCc4[nH]c(=O)c5cc(F)c(F)cc5c43)cc12. The highest BCUT2D eigenvalue weighted by molar-refractivity contribution is 5.99. The summed E-state index contributed by atoms with van der Waals surface area (Å²) in [6.07, 6.45) is 0.598. The van der Waals surface area contributed by atoms with Crippen molar-refractivity contribution in [3.63, 3.8) is 0 Å². The van der Waals surface area contributed by atoms with Crippen LogP contribution in [-0.4, -0.2) is 34.4 Å². The highest BCUT2D eigenvalue weighted by Gasteiger charge is 2.32. The molecule has 1 aliphatic rings. The van der Waals surface area contributed by atoms with Crippen molar-refractivity contribution < 1.29 is 22.7 Å². The number of carbonyl (C=O) groups excluding carboxylic acids is 1. The Labute approximate surface area is 186 Å². The van der Waals surface area contributed by atoms with Gasteiger partial charge >= 0.3 is 0 Å². The van der Waals surface area contributed by atoms with Gasteiger partial charge < -0.3 is 19.6 Å². The highest BCUT2D eigenvalue weighted by atomic mass is 19.2. The molecule has 1 atom stereocenters. The molecule has 0 saturated heterocycles. The van der Waals surface area contributed by atoms with E-state index < -0.39 is 35.0 Å². The number of likely N-dealkylation sites (N-methyl/N-ethyl adjacent to an activating group) is 1. The van der Waals surface area contributed by atoms with Gasteiger partial charge in [0.15, 0.2) is 11.6 Å². The molecule has 2 aromatic carbocycles. The van der Waals surface area contributed by atoms with E-state index in [-0.39, 0.29) is 29.7 Å². The number of aromatic amines is 2. The van der Waals surface area contributed by atoms with E-state index in [1.165, 1.54) is 17.0 Å². The summed E-state index contributed by atoms with van der Waals surface area (Å²) in [5.74, 6) is -3.00. The van der Waals surface area contributed by atoms with Crippen LogP contribution < -0.4 is 5.56 Å². The Morgan fingerprint density at radius 3 is 2.52 bits per heavy atom. The smallest absolute Gasteiger partial charge is 0.270 e. The third-order valence-corrected chi connectivity index (χ3v) is 6.23. The highest BCUT2D eigenvalue weighted by Crippen LogP contribution is 2.34. The minimum absolute atomic E-state index is 0.00549. The van der Waals surface area contributed by atoms with Crippen LogP contribution in [0.5, 0.6) is 0 Å². The van der Waals surface area contributed by atoms with Crippen molar-refractivity contribution in [3.8, 4) is 0 Å². The standard InChI is InChI=1S/C24H20F3N3O3/c1-3-11-4-12(25)5-18-13(11)8-19(28-18)24(32)30(2)21-10-33-9-20-22(21)14-6-16(26)17(27)7-15(14)23(31)29-20/h4-8,21,28H,3,9-10H2,1-2H3,(H,29,31). The zero-order valence-electron chi connectivity index (χ0n) is 17.9. The molecule has 6 nitrogen and oxygen atoms in total. The van der Waals surface area contributed by atoms with Crippen LogP contribution in [0, 0.1) is 17.5 Å². The van der Waals surface area contributed by atoms with Crippen LogP contribution in [0.2, 0.25) is 0 Å². The fourth-order valence-electron chi connectivity index (χ4n) is 4.56. The molecule has 33 heavy (non-hydrogen) atoms. The van der Waals surface area contributed by atoms with Gasteiger partial charge in [-0.1, -0.05) is 6.92 Å². The number of halogens is 3. The summed E-state index contributed by atoms with van der Waals surface area (Å²) in [5.41, 5.74) is 1.88. The number of H-pyrrole nitrogens is 2. The van der Waals surface area contributed by atoms with Crippen LogP contribution in [-0.2, 0) is 17.8 Å². The Morgan fingerprint density at radius 1 is 1.06 bits per heavy atom. The lowest BCUT2D eigenvalue weighted by molar-refractivity contribution is 0.0333. The first-order valence-electron chi connectivity index (χ1n) is 10.5. The second-order valence-corrected chi connectivity index (χ2v) is 8.17. The molecule has 0 aliphatic carbocycles. The maximum atomic E-state index is 14.1. The average Bonchev–Trinajstić information content (AvgIpc) is 3.22. The van der Waals surface area contributed by atoms with Gasteiger partial charge in [-0.05, 0) is 47.7 Å². The van der Waals surface area contributed by atoms with Crippen LogP contribution >= 0.6 is 0 Å². The Morgan fingerprint density at radius 2 is 1.79 bits per heavy atom. The molecule has 0 fully saturated rings. The molecular weight excluding hydrogens is 435 g/mol. The number of carbonyl (C=O) groups is 1. The Balaban J connectivity index is 1.61. The van der Waals surface area contributed by atoms with Crippen molar-refractivity contribution in [3.05, 3.63) is 80.7 Å². The molecule has 0 spiro atoms.